The summed E-state index contributed by atoms with van der Waals surface area (Å²) >= 11 is 8.70. The first-order valence-electron chi connectivity index (χ1n) is 7.10. The maximum atomic E-state index is 12.3. The van der Waals surface area contributed by atoms with E-state index in [1.165, 1.54) is 10.4 Å². The maximum Gasteiger partial charge on any atom is 0.238 e. The monoisotopic (exact) mass is 442 g/mol. The molecule has 1 atom stereocenters. The lowest BCUT2D eigenvalue weighted by molar-refractivity contribution is -0.117. The number of nitrogens with zero attached hydrogens (tertiary/aromatic N) is 1. The molecule has 1 aliphatic heterocycles. The predicted octanol–water partition coefficient (Wildman–Crippen LogP) is 4.83. The third-order valence-corrected chi connectivity index (χ3v) is 6.10. The summed E-state index contributed by atoms with van der Waals surface area (Å²) in [5.41, 5.74) is 2.17. The summed E-state index contributed by atoms with van der Waals surface area (Å²) < 4.78 is 1.86. The highest BCUT2D eigenvalue weighted by Crippen LogP contribution is 2.32. The van der Waals surface area contributed by atoms with Gasteiger partial charge in [0, 0.05) is 26.4 Å². The van der Waals surface area contributed by atoms with Gasteiger partial charge in [0.15, 0.2) is 0 Å². The lowest BCUT2D eigenvalue weighted by atomic mass is 10.0. The smallest absolute Gasteiger partial charge is 0.238 e. The van der Waals surface area contributed by atoms with Crippen LogP contribution in [0.4, 0.5) is 5.69 Å². The Morgan fingerprint density at radius 2 is 2.23 bits per heavy atom. The SMILES string of the molecule is CC1c2ccsc2CCN1CC(=O)Nc1ccc(Br)cc1Br. The van der Waals surface area contributed by atoms with Crippen molar-refractivity contribution in [2.75, 3.05) is 18.4 Å². The number of amides is 1. The van der Waals surface area contributed by atoms with Gasteiger partial charge in [-0.25, -0.2) is 0 Å². The van der Waals surface area contributed by atoms with E-state index >= 15 is 0 Å². The highest BCUT2D eigenvalue weighted by molar-refractivity contribution is 9.11. The molecule has 1 aromatic heterocycles. The third-order valence-electron chi connectivity index (χ3n) is 3.96. The second-order valence-electron chi connectivity index (χ2n) is 5.37. The van der Waals surface area contributed by atoms with Crippen molar-refractivity contribution in [1.82, 2.24) is 4.90 Å². The molecule has 22 heavy (non-hydrogen) atoms. The first kappa shape index (κ1) is 16.2. The molecule has 1 amide bonds. The average molecular weight is 444 g/mol. The Labute approximate surface area is 151 Å². The van der Waals surface area contributed by atoms with Crippen LogP contribution >= 0.6 is 43.2 Å². The Morgan fingerprint density at radius 1 is 1.41 bits per heavy atom. The van der Waals surface area contributed by atoms with E-state index < -0.39 is 0 Å². The van der Waals surface area contributed by atoms with Crippen LogP contribution in [-0.2, 0) is 11.2 Å². The quantitative estimate of drug-likeness (QED) is 0.736. The Bertz CT molecular complexity index is 701. The second-order valence-corrected chi connectivity index (χ2v) is 8.14. The van der Waals surface area contributed by atoms with Crippen LogP contribution in [0.25, 0.3) is 0 Å². The molecule has 3 rings (SSSR count). The Balaban J connectivity index is 1.65. The minimum atomic E-state index is 0.0218. The van der Waals surface area contributed by atoms with Gasteiger partial charge in [-0.3, -0.25) is 9.69 Å². The van der Waals surface area contributed by atoms with Crippen molar-refractivity contribution < 1.29 is 4.79 Å². The van der Waals surface area contributed by atoms with Gasteiger partial charge in [0.1, 0.15) is 0 Å². The predicted molar refractivity (Wildman–Crippen MR) is 98.5 cm³/mol. The van der Waals surface area contributed by atoms with Crippen LogP contribution in [0.1, 0.15) is 23.4 Å². The molecule has 1 aliphatic rings. The highest BCUT2D eigenvalue weighted by atomic mass is 79.9. The lowest BCUT2D eigenvalue weighted by Gasteiger charge is -2.32. The van der Waals surface area contributed by atoms with Gasteiger partial charge in [-0.05, 0) is 64.5 Å². The molecule has 2 aromatic rings. The molecule has 3 nitrogen and oxygen atoms in total. The number of rotatable bonds is 3. The first-order valence-corrected chi connectivity index (χ1v) is 9.56. The first-order chi connectivity index (χ1) is 10.5. The standard InChI is InChI=1S/C16H16Br2N2OS/c1-10-12-5-7-22-15(12)4-6-20(10)9-16(21)19-14-3-2-11(17)8-13(14)18/h2-3,5,7-8,10H,4,6,9H2,1H3,(H,19,21). The maximum absolute atomic E-state index is 12.3. The summed E-state index contributed by atoms with van der Waals surface area (Å²) in [7, 11) is 0. The van der Waals surface area contributed by atoms with Crippen molar-refractivity contribution in [2.24, 2.45) is 0 Å². The van der Waals surface area contributed by atoms with E-state index in [0.717, 1.165) is 27.6 Å². The highest BCUT2D eigenvalue weighted by Gasteiger charge is 2.26. The fourth-order valence-corrected chi connectivity index (χ4v) is 4.85. The molecule has 6 heteroatoms. The number of benzene rings is 1. The van der Waals surface area contributed by atoms with Crippen LogP contribution in [0.3, 0.4) is 0 Å². The zero-order valence-corrected chi connectivity index (χ0v) is 16.1. The van der Waals surface area contributed by atoms with Gasteiger partial charge in [0.25, 0.3) is 0 Å². The van der Waals surface area contributed by atoms with Crippen LogP contribution < -0.4 is 5.32 Å². The summed E-state index contributed by atoms with van der Waals surface area (Å²) in [4.78, 5) is 16.0. The molecule has 0 aliphatic carbocycles. The molecule has 2 heterocycles. The van der Waals surface area contributed by atoms with Crippen molar-refractivity contribution in [3.8, 4) is 0 Å². The van der Waals surface area contributed by atoms with Gasteiger partial charge in [-0.2, -0.15) is 0 Å². The zero-order chi connectivity index (χ0) is 15.7. The number of carbonyl (C=O) groups is 1. The Morgan fingerprint density at radius 3 is 3.00 bits per heavy atom. The number of fused-ring (bicyclic) bond motifs is 1. The van der Waals surface area contributed by atoms with Crippen molar-refractivity contribution in [3.63, 3.8) is 0 Å². The van der Waals surface area contributed by atoms with Crippen LogP contribution in [0, 0.1) is 0 Å². The molecular formula is C16H16Br2N2OS. The van der Waals surface area contributed by atoms with Gasteiger partial charge < -0.3 is 5.32 Å². The number of nitrogens with one attached hydrogen (secondary N) is 1. The average Bonchev–Trinajstić information content (AvgIpc) is 2.94. The van der Waals surface area contributed by atoms with E-state index in [4.69, 9.17) is 0 Å². The summed E-state index contributed by atoms with van der Waals surface area (Å²) in [5, 5.41) is 5.12. The molecule has 1 aromatic carbocycles. The Kier molecular flexibility index (Phi) is 5.02. The number of thiophene rings is 1. The summed E-state index contributed by atoms with van der Waals surface area (Å²) in [5.74, 6) is 0.0218. The Hall–Kier alpha value is -0.690. The van der Waals surface area contributed by atoms with Crippen LogP contribution in [-0.4, -0.2) is 23.9 Å². The van der Waals surface area contributed by atoms with E-state index in [1.54, 1.807) is 0 Å². The van der Waals surface area contributed by atoms with Gasteiger partial charge in [0.2, 0.25) is 5.91 Å². The molecule has 0 spiro atoms. The largest absolute Gasteiger partial charge is 0.324 e. The van der Waals surface area contributed by atoms with Crippen LogP contribution in [0.5, 0.6) is 0 Å². The number of halogens is 2. The molecule has 0 fully saturated rings. The zero-order valence-electron chi connectivity index (χ0n) is 12.1. The normalized spacial score (nSPS) is 18.0. The van der Waals surface area contributed by atoms with Crippen LogP contribution in [0.2, 0.25) is 0 Å². The van der Waals surface area contributed by atoms with Gasteiger partial charge in [0.05, 0.1) is 12.2 Å². The number of hydrogen-bond donors (Lipinski definition) is 1. The van der Waals surface area contributed by atoms with Gasteiger partial charge in [-0.15, -0.1) is 11.3 Å². The number of anilines is 1. The summed E-state index contributed by atoms with van der Waals surface area (Å²) in [6.45, 7) is 3.52. The fraction of sp³-hybridized carbons (Fsp3) is 0.312. The van der Waals surface area contributed by atoms with Gasteiger partial charge in [-0.1, -0.05) is 15.9 Å². The minimum absolute atomic E-state index is 0.0218. The molecule has 0 radical (unpaired) electrons. The van der Waals surface area contributed by atoms with E-state index in [9.17, 15) is 4.79 Å². The molecular weight excluding hydrogens is 428 g/mol. The van der Waals surface area contributed by atoms with E-state index in [-0.39, 0.29) is 5.91 Å². The number of carbonyl (C=O) groups excluding carboxylic acids is 1. The summed E-state index contributed by atoms with van der Waals surface area (Å²) in [6, 6.07) is 8.22. The van der Waals surface area contributed by atoms with E-state index in [2.05, 4.69) is 60.4 Å². The number of hydrogen-bond acceptors (Lipinski definition) is 3. The second kappa shape index (κ2) is 6.83. The topological polar surface area (TPSA) is 32.3 Å². The van der Waals surface area contributed by atoms with Gasteiger partial charge >= 0.3 is 0 Å². The molecule has 0 saturated carbocycles. The van der Waals surface area contributed by atoms with Crippen molar-refractivity contribution in [1.29, 1.82) is 0 Å². The van der Waals surface area contributed by atoms with Crippen LogP contribution in [0.15, 0.2) is 38.6 Å². The van der Waals surface area contributed by atoms with Crippen molar-refractivity contribution in [2.45, 2.75) is 19.4 Å². The molecule has 0 bridgehead atoms. The molecule has 0 saturated heterocycles. The van der Waals surface area contributed by atoms with E-state index in [0.29, 0.717) is 12.6 Å². The fourth-order valence-electron chi connectivity index (χ4n) is 2.74. The third kappa shape index (κ3) is 3.45. The minimum Gasteiger partial charge on any atom is -0.324 e. The van der Waals surface area contributed by atoms with Crippen molar-refractivity contribution >= 4 is 54.8 Å². The molecule has 116 valence electrons. The lowest BCUT2D eigenvalue weighted by Crippen LogP contribution is -2.39. The molecule has 1 N–H and O–H groups in total. The summed E-state index contributed by atoms with van der Waals surface area (Å²) in [6.07, 6.45) is 1.03. The van der Waals surface area contributed by atoms with E-state index in [1.807, 2.05) is 29.5 Å². The van der Waals surface area contributed by atoms with Crippen molar-refractivity contribution in [3.05, 3.63) is 49.0 Å². The molecule has 1 unspecified atom stereocenters.